The van der Waals surface area contributed by atoms with Crippen LogP contribution in [-0.4, -0.2) is 0 Å². The minimum absolute atomic E-state index is 0.615. The third-order valence-corrected chi connectivity index (χ3v) is 3.65. The van der Waals surface area contributed by atoms with Crippen molar-refractivity contribution in [3.05, 3.63) is 32.4 Å². The second kappa shape index (κ2) is 5.52. The molecule has 1 heteroatoms. The van der Waals surface area contributed by atoms with Gasteiger partial charge in [-0.15, -0.1) is 0 Å². The van der Waals surface area contributed by atoms with Gasteiger partial charge in [-0.25, -0.2) is 0 Å². The molecular formula is C15H23I. The molecule has 0 spiro atoms. The second-order valence-electron chi connectivity index (χ2n) is 5.46. The summed E-state index contributed by atoms with van der Waals surface area (Å²) < 4.78 is 1.37. The van der Waals surface area contributed by atoms with E-state index in [1.165, 1.54) is 14.7 Å². The summed E-state index contributed by atoms with van der Waals surface area (Å²) in [6.45, 7) is 13.8. The lowest BCUT2D eigenvalue weighted by atomic mass is 9.83. The summed E-state index contributed by atoms with van der Waals surface area (Å²) in [5.74, 6) is 1.85. The van der Waals surface area contributed by atoms with E-state index >= 15 is 0 Å². The van der Waals surface area contributed by atoms with Crippen molar-refractivity contribution in [3.8, 4) is 0 Å². The Morgan fingerprint density at radius 1 is 0.750 bits per heavy atom. The van der Waals surface area contributed by atoms with Crippen LogP contribution in [0.3, 0.4) is 0 Å². The molecule has 0 saturated carbocycles. The fourth-order valence-electron chi connectivity index (χ4n) is 2.28. The van der Waals surface area contributed by atoms with E-state index in [4.69, 9.17) is 0 Å². The lowest BCUT2D eigenvalue weighted by Crippen LogP contribution is -2.06. The largest absolute Gasteiger partial charge is 0.0587 e. The first kappa shape index (κ1) is 14.0. The molecule has 0 N–H and O–H groups in total. The van der Waals surface area contributed by atoms with E-state index in [1.807, 2.05) is 0 Å². The van der Waals surface area contributed by atoms with E-state index in [0.717, 1.165) is 0 Å². The Hall–Kier alpha value is -0.0500. The Kier molecular flexibility index (Phi) is 4.84. The molecule has 16 heavy (non-hydrogen) atoms. The standard InChI is InChI=1S/C15H23I/c1-9(2)13-7-12(16)8-14(10(3)4)15(13)11(5)6/h7-11H,1-6H3. The van der Waals surface area contributed by atoms with Gasteiger partial charge < -0.3 is 0 Å². The molecule has 1 aromatic rings. The van der Waals surface area contributed by atoms with Gasteiger partial charge in [-0.05, 0) is 69.2 Å². The van der Waals surface area contributed by atoms with Crippen LogP contribution in [0.1, 0.15) is 76.0 Å². The van der Waals surface area contributed by atoms with Crippen LogP contribution in [0.2, 0.25) is 0 Å². The predicted molar refractivity (Wildman–Crippen MR) is 81.4 cm³/mol. The van der Waals surface area contributed by atoms with Crippen LogP contribution in [0, 0.1) is 3.57 Å². The topological polar surface area (TPSA) is 0 Å². The molecule has 0 aliphatic rings. The normalized spacial score (nSPS) is 11.9. The van der Waals surface area contributed by atoms with Crippen LogP contribution in [-0.2, 0) is 0 Å². The van der Waals surface area contributed by atoms with Crippen molar-refractivity contribution >= 4 is 22.6 Å². The van der Waals surface area contributed by atoms with Gasteiger partial charge in [0.1, 0.15) is 0 Å². The molecule has 0 unspecified atom stereocenters. The van der Waals surface area contributed by atoms with Gasteiger partial charge in [-0.3, -0.25) is 0 Å². The summed E-state index contributed by atoms with van der Waals surface area (Å²) in [7, 11) is 0. The van der Waals surface area contributed by atoms with E-state index in [9.17, 15) is 0 Å². The fourth-order valence-corrected chi connectivity index (χ4v) is 2.95. The fraction of sp³-hybridized carbons (Fsp3) is 0.600. The average molecular weight is 330 g/mol. The SMILES string of the molecule is CC(C)c1cc(I)cc(C(C)C)c1C(C)C. The molecular weight excluding hydrogens is 307 g/mol. The number of hydrogen-bond donors (Lipinski definition) is 0. The molecule has 0 radical (unpaired) electrons. The quantitative estimate of drug-likeness (QED) is 0.627. The molecule has 0 heterocycles. The summed E-state index contributed by atoms with van der Waals surface area (Å²) >= 11 is 2.44. The summed E-state index contributed by atoms with van der Waals surface area (Å²) in [4.78, 5) is 0. The zero-order valence-corrected chi connectivity index (χ0v) is 13.4. The highest BCUT2D eigenvalue weighted by Gasteiger charge is 2.17. The van der Waals surface area contributed by atoms with Gasteiger partial charge in [-0.2, -0.15) is 0 Å². The first-order valence-electron chi connectivity index (χ1n) is 6.17. The highest BCUT2D eigenvalue weighted by Crippen LogP contribution is 2.34. The zero-order chi connectivity index (χ0) is 12.5. The third kappa shape index (κ3) is 2.99. The van der Waals surface area contributed by atoms with E-state index in [-0.39, 0.29) is 0 Å². The molecule has 0 aromatic heterocycles. The van der Waals surface area contributed by atoms with Gasteiger partial charge in [0.25, 0.3) is 0 Å². The maximum Gasteiger partial charge on any atom is 0.0136 e. The van der Waals surface area contributed by atoms with Crippen molar-refractivity contribution in [2.45, 2.75) is 59.3 Å². The Morgan fingerprint density at radius 2 is 1.12 bits per heavy atom. The Morgan fingerprint density at radius 3 is 1.38 bits per heavy atom. The lowest BCUT2D eigenvalue weighted by Gasteiger charge is -2.23. The number of halogens is 1. The highest BCUT2D eigenvalue weighted by atomic mass is 127. The smallest absolute Gasteiger partial charge is 0.0136 e. The van der Waals surface area contributed by atoms with Gasteiger partial charge in [0, 0.05) is 3.57 Å². The van der Waals surface area contributed by atoms with Crippen molar-refractivity contribution in [2.24, 2.45) is 0 Å². The van der Waals surface area contributed by atoms with Gasteiger partial charge in [0.15, 0.2) is 0 Å². The van der Waals surface area contributed by atoms with Gasteiger partial charge in [0.2, 0.25) is 0 Å². The van der Waals surface area contributed by atoms with Gasteiger partial charge in [-0.1, -0.05) is 41.5 Å². The van der Waals surface area contributed by atoms with Crippen molar-refractivity contribution in [1.82, 2.24) is 0 Å². The van der Waals surface area contributed by atoms with Crippen LogP contribution >= 0.6 is 22.6 Å². The first-order chi connectivity index (χ1) is 7.34. The zero-order valence-electron chi connectivity index (χ0n) is 11.3. The molecule has 0 aliphatic heterocycles. The molecule has 0 amide bonds. The van der Waals surface area contributed by atoms with Crippen LogP contribution in [0.15, 0.2) is 12.1 Å². The summed E-state index contributed by atoms with van der Waals surface area (Å²) in [5.41, 5.74) is 4.64. The molecule has 0 bridgehead atoms. The summed E-state index contributed by atoms with van der Waals surface area (Å²) in [6.07, 6.45) is 0. The number of benzene rings is 1. The summed E-state index contributed by atoms with van der Waals surface area (Å²) in [6, 6.07) is 4.71. The van der Waals surface area contributed by atoms with Crippen molar-refractivity contribution in [1.29, 1.82) is 0 Å². The first-order valence-corrected chi connectivity index (χ1v) is 7.25. The van der Waals surface area contributed by atoms with E-state index in [1.54, 1.807) is 5.56 Å². The van der Waals surface area contributed by atoms with Gasteiger partial charge >= 0.3 is 0 Å². The molecule has 90 valence electrons. The molecule has 1 aromatic carbocycles. The molecule has 0 nitrogen and oxygen atoms in total. The summed E-state index contributed by atoms with van der Waals surface area (Å²) in [5, 5.41) is 0. The van der Waals surface area contributed by atoms with Crippen LogP contribution in [0.25, 0.3) is 0 Å². The van der Waals surface area contributed by atoms with Crippen molar-refractivity contribution in [3.63, 3.8) is 0 Å². The van der Waals surface area contributed by atoms with E-state index in [0.29, 0.717) is 17.8 Å². The average Bonchev–Trinajstić information content (AvgIpc) is 2.15. The van der Waals surface area contributed by atoms with E-state index < -0.39 is 0 Å². The number of rotatable bonds is 3. The maximum atomic E-state index is 2.44. The van der Waals surface area contributed by atoms with Crippen molar-refractivity contribution < 1.29 is 0 Å². The minimum Gasteiger partial charge on any atom is -0.0587 e. The van der Waals surface area contributed by atoms with E-state index in [2.05, 4.69) is 76.3 Å². The molecule has 0 aliphatic carbocycles. The van der Waals surface area contributed by atoms with Crippen LogP contribution < -0.4 is 0 Å². The van der Waals surface area contributed by atoms with Crippen LogP contribution in [0.5, 0.6) is 0 Å². The van der Waals surface area contributed by atoms with Crippen LogP contribution in [0.4, 0.5) is 0 Å². The third-order valence-electron chi connectivity index (χ3n) is 3.03. The monoisotopic (exact) mass is 330 g/mol. The maximum absolute atomic E-state index is 2.44. The van der Waals surface area contributed by atoms with Crippen molar-refractivity contribution in [2.75, 3.05) is 0 Å². The second-order valence-corrected chi connectivity index (χ2v) is 6.71. The molecule has 0 atom stereocenters. The Bertz CT molecular complexity index is 333. The predicted octanol–water partition coefficient (Wildman–Crippen LogP) is 5.66. The molecule has 1 rings (SSSR count). The minimum atomic E-state index is 0.615. The number of hydrogen-bond acceptors (Lipinski definition) is 0. The Balaban J connectivity index is 3.48. The Labute approximate surface area is 114 Å². The van der Waals surface area contributed by atoms with Gasteiger partial charge in [0.05, 0.1) is 0 Å². The highest BCUT2D eigenvalue weighted by molar-refractivity contribution is 14.1. The lowest BCUT2D eigenvalue weighted by molar-refractivity contribution is 0.747. The molecule has 0 saturated heterocycles. The molecule has 0 fully saturated rings.